The number of rotatable bonds is 5. The zero-order valence-electron chi connectivity index (χ0n) is 15.8. The van der Waals surface area contributed by atoms with Crippen molar-refractivity contribution in [1.29, 1.82) is 0 Å². The maximum Gasteiger partial charge on any atom is 0.265 e. The highest BCUT2D eigenvalue weighted by Gasteiger charge is 2.18. The first-order valence-corrected chi connectivity index (χ1v) is 8.96. The number of hydrogen-bond acceptors (Lipinski definition) is 3. The topological polar surface area (TPSA) is 64.0 Å². The Hall–Kier alpha value is -3.21. The minimum absolute atomic E-state index is 0.0447. The fourth-order valence-electron chi connectivity index (χ4n) is 3.20. The minimum atomic E-state index is -0.165. The molecule has 0 atom stereocenters. The highest BCUT2D eigenvalue weighted by Crippen LogP contribution is 2.27. The van der Waals surface area contributed by atoms with Crippen LogP contribution in [0.1, 0.15) is 38.1 Å². The molecular weight excluding hydrogens is 338 g/mol. The van der Waals surface area contributed by atoms with Gasteiger partial charge in [0.15, 0.2) is 0 Å². The summed E-state index contributed by atoms with van der Waals surface area (Å²) in [5.74, 6) is 0.564. The maximum absolute atomic E-state index is 13.4. The first-order valence-electron chi connectivity index (χ1n) is 8.96. The normalized spacial score (nSPS) is 11.0. The molecule has 5 nitrogen and oxygen atoms in total. The Bertz CT molecular complexity index is 1070. The van der Waals surface area contributed by atoms with Crippen LogP contribution in [0.5, 0.6) is 0 Å². The third kappa shape index (κ3) is 3.53. The maximum atomic E-state index is 13.4. The Morgan fingerprint density at radius 1 is 1.22 bits per heavy atom. The largest absolute Gasteiger partial charge is 0.326 e. The van der Waals surface area contributed by atoms with Crippen molar-refractivity contribution < 1.29 is 4.79 Å². The lowest BCUT2D eigenvalue weighted by atomic mass is 10.0. The van der Waals surface area contributed by atoms with Gasteiger partial charge in [-0.1, -0.05) is 38.1 Å². The molecule has 0 unspecified atom stereocenters. The number of nitrogens with one attached hydrogen (secondary N) is 1. The molecule has 3 aromatic rings. The number of fused-ring (bicyclic) bond motifs is 1. The van der Waals surface area contributed by atoms with E-state index >= 15 is 0 Å². The average Bonchev–Trinajstić information content (AvgIpc) is 2.63. The lowest BCUT2D eigenvalue weighted by Gasteiger charge is -2.18. The van der Waals surface area contributed by atoms with Crippen molar-refractivity contribution in [2.24, 2.45) is 0 Å². The number of benzene rings is 2. The number of allylic oxidation sites excluding steroid dienone is 1. The number of para-hydroxylation sites is 1. The van der Waals surface area contributed by atoms with Gasteiger partial charge in [-0.2, -0.15) is 0 Å². The molecule has 1 N–H and O–H groups in total. The Morgan fingerprint density at radius 2 is 1.93 bits per heavy atom. The van der Waals surface area contributed by atoms with Gasteiger partial charge in [0.05, 0.1) is 16.6 Å². The van der Waals surface area contributed by atoms with Crippen molar-refractivity contribution in [3.05, 3.63) is 76.9 Å². The molecule has 0 aliphatic heterocycles. The molecule has 5 heteroatoms. The molecule has 0 spiro atoms. The standard InChI is InChI=1S/C22H23N3O2/c1-5-9-17-19(23-15(4)26)13-12-18-20(17)24-21(14(2)3)25(22(18)27)16-10-7-6-8-11-16/h5-8,10-14H,1,9H2,2-4H3,(H,23,26). The van der Waals surface area contributed by atoms with Crippen LogP contribution in [-0.2, 0) is 11.2 Å². The summed E-state index contributed by atoms with van der Waals surface area (Å²) in [5, 5.41) is 3.35. The van der Waals surface area contributed by atoms with Gasteiger partial charge in [-0.3, -0.25) is 14.2 Å². The molecule has 1 heterocycles. The van der Waals surface area contributed by atoms with Gasteiger partial charge in [-0.05, 0) is 30.7 Å². The minimum Gasteiger partial charge on any atom is -0.326 e. The van der Waals surface area contributed by atoms with Crippen molar-refractivity contribution in [2.45, 2.75) is 33.1 Å². The fourth-order valence-corrected chi connectivity index (χ4v) is 3.20. The van der Waals surface area contributed by atoms with E-state index in [1.165, 1.54) is 6.92 Å². The summed E-state index contributed by atoms with van der Waals surface area (Å²) in [4.78, 5) is 29.8. The number of amides is 1. The van der Waals surface area contributed by atoms with Crippen LogP contribution < -0.4 is 10.9 Å². The van der Waals surface area contributed by atoms with Gasteiger partial charge in [-0.25, -0.2) is 4.98 Å². The van der Waals surface area contributed by atoms with Crippen molar-refractivity contribution >= 4 is 22.5 Å². The van der Waals surface area contributed by atoms with E-state index < -0.39 is 0 Å². The van der Waals surface area contributed by atoms with Crippen LogP contribution in [0.25, 0.3) is 16.6 Å². The molecule has 0 saturated heterocycles. The first kappa shape index (κ1) is 18.6. The molecule has 2 aromatic carbocycles. The molecule has 0 bridgehead atoms. The molecule has 1 amide bonds. The van der Waals surface area contributed by atoms with E-state index in [9.17, 15) is 9.59 Å². The molecule has 27 heavy (non-hydrogen) atoms. The molecule has 0 fully saturated rings. The zero-order valence-corrected chi connectivity index (χ0v) is 15.8. The van der Waals surface area contributed by atoms with E-state index in [0.717, 1.165) is 11.3 Å². The number of aromatic nitrogens is 2. The smallest absolute Gasteiger partial charge is 0.265 e. The molecule has 3 rings (SSSR count). The quantitative estimate of drug-likeness (QED) is 0.693. The van der Waals surface area contributed by atoms with Crippen LogP contribution in [0, 0.1) is 0 Å². The van der Waals surface area contributed by atoms with E-state index in [-0.39, 0.29) is 17.4 Å². The first-order chi connectivity index (χ1) is 12.9. The molecule has 0 saturated carbocycles. The van der Waals surface area contributed by atoms with Gasteiger partial charge in [0.2, 0.25) is 5.91 Å². The SMILES string of the molecule is C=CCc1c(NC(C)=O)ccc2c(=O)n(-c3ccccc3)c(C(C)C)nc12. The van der Waals surface area contributed by atoms with E-state index in [1.807, 2.05) is 44.2 Å². The number of hydrogen-bond donors (Lipinski definition) is 1. The summed E-state index contributed by atoms with van der Waals surface area (Å²) in [5.41, 5.74) is 2.75. The second-order valence-corrected chi connectivity index (χ2v) is 6.76. The van der Waals surface area contributed by atoms with Gasteiger partial charge in [-0.15, -0.1) is 6.58 Å². The van der Waals surface area contributed by atoms with E-state index in [4.69, 9.17) is 4.98 Å². The second-order valence-electron chi connectivity index (χ2n) is 6.76. The lowest BCUT2D eigenvalue weighted by molar-refractivity contribution is -0.114. The summed E-state index contributed by atoms with van der Waals surface area (Å²) in [6, 6.07) is 13.0. The monoisotopic (exact) mass is 361 g/mol. The van der Waals surface area contributed by atoms with E-state index in [1.54, 1.807) is 22.8 Å². The van der Waals surface area contributed by atoms with Crippen LogP contribution in [0.3, 0.4) is 0 Å². The van der Waals surface area contributed by atoms with Crippen LogP contribution in [0.4, 0.5) is 5.69 Å². The third-order valence-electron chi connectivity index (χ3n) is 4.36. The van der Waals surface area contributed by atoms with Crippen molar-refractivity contribution in [2.75, 3.05) is 5.32 Å². The van der Waals surface area contributed by atoms with Crippen LogP contribution >= 0.6 is 0 Å². The highest BCUT2D eigenvalue weighted by atomic mass is 16.1. The van der Waals surface area contributed by atoms with Crippen molar-refractivity contribution in [3.8, 4) is 5.69 Å². The summed E-state index contributed by atoms with van der Waals surface area (Å²) in [6.07, 6.45) is 2.26. The Labute approximate surface area is 158 Å². The molecule has 138 valence electrons. The lowest BCUT2D eigenvalue weighted by Crippen LogP contribution is -2.25. The zero-order chi connectivity index (χ0) is 19.6. The third-order valence-corrected chi connectivity index (χ3v) is 4.36. The predicted molar refractivity (Wildman–Crippen MR) is 110 cm³/mol. The van der Waals surface area contributed by atoms with E-state index in [2.05, 4.69) is 11.9 Å². The molecule has 0 aliphatic carbocycles. The Morgan fingerprint density at radius 3 is 2.52 bits per heavy atom. The average molecular weight is 361 g/mol. The number of nitrogens with zero attached hydrogens (tertiary/aromatic N) is 2. The summed E-state index contributed by atoms with van der Waals surface area (Å²) < 4.78 is 1.67. The van der Waals surface area contributed by atoms with Crippen LogP contribution in [0.2, 0.25) is 0 Å². The molecule has 1 aromatic heterocycles. The molecular formula is C22H23N3O2. The Balaban J connectivity index is 2.40. The summed E-state index contributed by atoms with van der Waals surface area (Å²) in [7, 11) is 0. The second kappa shape index (κ2) is 7.58. The predicted octanol–water partition coefficient (Wildman–Crippen LogP) is 4.20. The summed E-state index contributed by atoms with van der Waals surface area (Å²) in [6.45, 7) is 9.29. The van der Waals surface area contributed by atoms with E-state index in [0.29, 0.717) is 28.8 Å². The van der Waals surface area contributed by atoms with Gasteiger partial charge >= 0.3 is 0 Å². The Kier molecular flexibility index (Phi) is 5.21. The molecule has 0 radical (unpaired) electrons. The van der Waals surface area contributed by atoms with Crippen LogP contribution in [0.15, 0.2) is 59.9 Å². The molecule has 0 aliphatic rings. The van der Waals surface area contributed by atoms with Crippen molar-refractivity contribution in [3.63, 3.8) is 0 Å². The number of anilines is 1. The highest BCUT2D eigenvalue weighted by molar-refractivity contribution is 5.94. The van der Waals surface area contributed by atoms with Gasteiger partial charge in [0.25, 0.3) is 5.56 Å². The van der Waals surface area contributed by atoms with Gasteiger partial charge in [0.1, 0.15) is 5.82 Å². The van der Waals surface area contributed by atoms with Crippen LogP contribution in [-0.4, -0.2) is 15.5 Å². The van der Waals surface area contributed by atoms with Gasteiger partial charge in [0, 0.05) is 24.1 Å². The fraction of sp³-hybridized carbons (Fsp3) is 0.227. The summed E-state index contributed by atoms with van der Waals surface area (Å²) >= 11 is 0. The number of carbonyl (C=O) groups excluding carboxylic acids is 1. The van der Waals surface area contributed by atoms with Crippen molar-refractivity contribution in [1.82, 2.24) is 9.55 Å². The number of carbonyl (C=O) groups is 1. The van der Waals surface area contributed by atoms with Gasteiger partial charge < -0.3 is 5.32 Å².